The lowest BCUT2D eigenvalue weighted by atomic mass is 10.0. The van der Waals surface area contributed by atoms with Crippen LogP contribution < -0.4 is 20.9 Å². The third kappa shape index (κ3) is 6.55. The largest absolute Gasteiger partial charge is 0.494 e. The van der Waals surface area contributed by atoms with Crippen LogP contribution in [0.3, 0.4) is 0 Å². The second-order valence-electron chi connectivity index (χ2n) is 10.8. The molecule has 0 saturated heterocycles. The molecule has 6 N–H and O–H groups in total. The highest BCUT2D eigenvalue weighted by molar-refractivity contribution is 7.86. The van der Waals surface area contributed by atoms with Crippen molar-refractivity contribution in [2.45, 2.75) is 9.79 Å². The number of fused-ring (bicyclic) bond motifs is 2. The van der Waals surface area contributed by atoms with Crippen molar-refractivity contribution in [2.24, 2.45) is 20.5 Å². The number of methoxy groups -OCH3 is 2. The van der Waals surface area contributed by atoms with E-state index in [1.807, 2.05) is 0 Å². The van der Waals surface area contributed by atoms with Gasteiger partial charge in [-0.2, -0.15) is 16.8 Å². The summed E-state index contributed by atoms with van der Waals surface area (Å²) in [5.74, 6) is 0.710. The molecule has 0 heterocycles. The van der Waals surface area contributed by atoms with Gasteiger partial charge in [-0.25, -0.2) is 0 Å². The summed E-state index contributed by atoms with van der Waals surface area (Å²) in [6.45, 7) is 0. The molecule has 14 nitrogen and oxygen atoms in total. The summed E-state index contributed by atoms with van der Waals surface area (Å²) >= 11 is 0. The number of hydrogen-bond donors (Lipinski definition) is 4. The molecule has 6 rings (SSSR count). The summed E-state index contributed by atoms with van der Waals surface area (Å²) in [6, 6.07) is 26.2. The van der Waals surface area contributed by atoms with Crippen molar-refractivity contribution in [2.75, 3.05) is 25.7 Å². The predicted octanol–water partition coefficient (Wildman–Crippen LogP) is 8.17. The van der Waals surface area contributed by atoms with E-state index >= 15 is 0 Å². The maximum atomic E-state index is 12.0. The standard InChI is InChI=1S/C34H28N6O8S2/c1-47-29-15-19(11-13-25(29)37-39-27-17-31(49(41,42)43)33(35)23-9-5-3-7-21(23)27)20-12-14-26(30(16-20)48-2)38-40-28-18-32(50(44,45)46)34(36)24-10-6-4-8-22(24)28/h3-18H,35-36H2,1-2H3,(H,41,42,43)(H,44,45,46)/b39-37+,40-38+. The number of benzene rings is 6. The van der Waals surface area contributed by atoms with Gasteiger partial charge in [-0.3, -0.25) is 9.11 Å². The highest BCUT2D eigenvalue weighted by atomic mass is 32.2. The minimum absolute atomic E-state index is 0.100. The summed E-state index contributed by atoms with van der Waals surface area (Å²) < 4.78 is 78.6. The van der Waals surface area contributed by atoms with E-state index in [-0.39, 0.29) is 22.7 Å². The molecular formula is C34H28N6O8S2. The van der Waals surface area contributed by atoms with E-state index in [0.717, 1.165) is 23.3 Å². The second-order valence-corrected chi connectivity index (χ2v) is 13.6. The van der Waals surface area contributed by atoms with Crippen molar-refractivity contribution < 1.29 is 35.4 Å². The first-order valence-electron chi connectivity index (χ1n) is 14.6. The number of hydrogen-bond acceptors (Lipinski definition) is 12. The maximum Gasteiger partial charge on any atom is 0.296 e. The van der Waals surface area contributed by atoms with Crippen LogP contribution in [0.1, 0.15) is 0 Å². The number of rotatable bonds is 9. The zero-order chi connectivity index (χ0) is 35.8. The minimum Gasteiger partial charge on any atom is -0.494 e. The number of nitrogen functional groups attached to an aromatic ring is 2. The van der Waals surface area contributed by atoms with Crippen molar-refractivity contribution in [3.8, 4) is 22.6 Å². The van der Waals surface area contributed by atoms with Crippen LogP contribution in [-0.4, -0.2) is 40.2 Å². The number of anilines is 2. The van der Waals surface area contributed by atoms with Gasteiger partial charge in [-0.1, -0.05) is 60.7 Å². The van der Waals surface area contributed by atoms with Crippen LogP contribution in [0.15, 0.2) is 127 Å². The SMILES string of the molecule is COc1cc(-c2ccc(/N=N/c3cc(S(=O)(=O)O)c(N)c4ccccc34)c(OC)c2)ccc1/N=N/c1cc(S(=O)(=O)O)c(N)c2ccccc12. The van der Waals surface area contributed by atoms with E-state index in [2.05, 4.69) is 20.5 Å². The van der Waals surface area contributed by atoms with Crippen molar-refractivity contribution in [1.29, 1.82) is 0 Å². The molecule has 0 radical (unpaired) electrons. The average molecular weight is 713 g/mol. The number of ether oxygens (including phenoxy) is 2. The molecule has 0 amide bonds. The zero-order valence-electron chi connectivity index (χ0n) is 26.3. The predicted molar refractivity (Wildman–Crippen MR) is 190 cm³/mol. The van der Waals surface area contributed by atoms with Gasteiger partial charge in [-0.05, 0) is 47.5 Å². The zero-order valence-corrected chi connectivity index (χ0v) is 28.0. The molecule has 6 aromatic rings. The first-order chi connectivity index (χ1) is 23.8. The Morgan fingerprint density at radius 3 is 1.18 bits per heavy atom. The van der Waals surface area contributed by atoms with E-state index in [1.54, 1.807) is 84.9 Å². The molecule has 0 aliphatic carbocycles. The molecule has 0 bridgehead atoms. The van der Waals surface area contributed by atoms with Crippen molar-refractivity contribution in [1.82, 2.24) is 0 Å². The molecule has 0 spiro atoms. The van der Waals surface area contributed by atoms with Crippen LogP contribution >= 0.6 is 0 Å². The smallest absolute Gasteiger partial charge is 0.296 e. The van der Waals surface area contributed by atoms with Crippen LogP contribution in [0.2, 0.25) is 0 Å². The van der Waals surface area contributed by atoms with Gasteiger partial charge in [0.25, 0.3) is 20.2 Å². The van der Waals surface area contributed by atoms with Crippen molar-refractivity contribution >= 4 is 75.9 Å². The Hall–Kier alpha value is -5.94. The Balaban J connectivity index is 1.34. The van der Waals surface area contributed by atoms with E-state index < -0.39 is 30.0 Å². The van der Waals surface area contributed by atoms with E-state index in [4.69, 9.17) is 20.9 Å². The van der Waals surface area contributed by atoms with Gasteiger partial charge in [0.05, 0.1) is 37.0 Å². The second kappa shape index (κ2) is 13.2. The van der Waals surface area contributed by atoms with Crippen LogP contribution in [-0.2, 0) is 20.2 Å². The van der Waals surface area contributed by atoms with E-state index in [1.165, 1.54) is 14.2 Å². The van der Waals surface area contributed by atoms with Crippen molar-refractivity contribution in [3.05, 3.63) is 97.1 Å². The fourth-order valence-electron chi connectivity index (χ4n) is 5.39. The van der Waals surface area contributed by atoms with Crippen LogP contribution in [0.25, 0.3) is 32.7 Å². The first kappa shape index (κ1) is 33.9. The Bertz CT molecular complexity index is 2430. The Labute approximate surface area is 286 Å². The molecule has 254 valence electrons. The lowest BCUT2D eigenvalue weighted by Gasteiger charge is -2.11. The molecule has 6 aromatic carbocycles. The fourth-order valence-corrected chi connectivity index (χ4v) is 6.69. The summed E-state index contributed by atoms with van der Waals surface area (Å²) in [5.41, 5.74) is 14.3. The Morgan fingerprint density at radius 2 is 0.840 bits per heavy atom. The highest BCUT2D eigenvalue weighted by Crippen LogP contribution is 2.41. The summed E-state index contributed by atoms with van der Waals surface area (Å²) in [4.78, 5) is -0.955. The quantitative estimate of drug-likeness (QED) is 0.0638. The normalized spacial score (nSPS) is 12.3. The van der Waals surface area contributed by atoms with Gasteiger partial charge < -0.3 is 20.9 Å². The maximum absolute atomic E-state index is 12.0. The average Bonchev–Trinajstić information content (AvgIpc) is 3.10. The molecule has 50 heavy (non-hydrogen) atoms. The Morgan fingerprint density at radius 1 is 0.500 bits per heavy atom. The number of azo groups is 2. The lowest BCUT2D eigenvalue weighted by Crippen LogP contribution is -2.03. The summed E-state index contributed by atoms with van der Waals surface area (Å²) in [5, 5.41) is 19.0. The lowest BCUT2D eigenvalue weighted by molar-refractivity contribution is 0.415. The Kier molecular flexibility index (Phi) is 8.94. The topological polar surface area (TPSA) is 229 Å². The number of nitrogens with zero attached hydrogens (tertiary/aromatic N) is 4. The molecule has 0 aromatic heterocycles. The highest BCUT2D eigenvalue weighted by Gasteiger charge is 2.20. The summed E-state index contributed by atoms with van der Waals surface area (Å²) in [6.07, 6.45) is 0. The van der Waals surface area contributed by atoms with E-state index in [0.29, 0.717) is 44.4 Å². The van der Waals surface area contributed by atoms with Crippen LogP contribution in [0, 0.1) is 0 Å². The molecule has 0 atom stereocenters. The molecule has 0 aliphatic heterocycles. The van der Waals surface area contributed by atoms with Gasteiger partial charge in [0.15, 0.2) is 0 Å². The molecule has 0 saturated carbocycles. The van der Waals surface area contributed by atoms with Gasteiger partial charge in [0, 0.05) is 21.5 Å². The van der Waals surface area contributed by atoms with Gasteiger partial charge in [0.2, 0.25) is 0 Å². The monoisotopic (exact) mass is 712 g/mol. The van der Waals surface area contributed by atoms with E-state index in [9.17, 15) is 25.9 Å². The van der Waals surface area contributed by atoms with Gasteiger partial charge >= 0.3 is 0 Å². The van der Waals surface area contributed by atoms with Gasteiger partial charge in [-0.15, -0.1) is 20.5 Å². The van der Waals surface area contributed by atoms with Gasteiger partial charge in [0.1, 0.15) is 32.7 Å². The minimum atomic E-state index is -4.63. The molecule has 0 aliphatic rings. The molecule has 0 unspecified atom stereocenters. The number of nitrogens with two attached hydrogens (primary N) is 2. The first-order valence-corrected chi connectivity index (χ1v) is 17.5. The third-order valence-electron chi connectivity index (χ3n) is 7.83. The fraction of sp³-hybridized carbons (Fsp3) is 0.0588. The van der Waals surface area contributed by atoms with Crippen LogP contribution in [0.4, 0.5) is 34.1 Å². The van der Waals surface area contributed by atoms with Crippen LogP contribution in [0.5, 0.6) is 11.5 Å². The molecule has 16 heteroatoms. The van der Waals surface area contributed by atoms with Crippen molar-refractivity contribution in [3.63, 3.8) is 0 Å². The molecule has 0 fully saturated rings. The third-order valence-corrected chi connectivity index (χ3v) is 9.62. The molecular weight excluding hydrogens is 685 g/mol. The summed E-state index contributed by atoms with van der Waals surface area (Å²) in [7, 11) is -6.34.